The molecule has 1 aromatic carbocycles. The van der Waals surface area contributed by atoms with Crippen molar-refractivity contribution in [3.05, 3.63) is 28.8 Å². The summed E-state index contributed by atoms with van der Waals surface area (Å²) in [7, 11) is 0. The lowest BCUT2D eigenvalue weighted by molar-refractivity contribution is 0.465. The van der Waals surface area contributed by atoms with Crippen molar-refractivity contribution in [2.45, 2.75) is 84.3 Å². The van der Waals surface area contributed by atoms with E-state index in [1.54, 1.807) is 0 Å². The van der Waals surface area contributed by atoms with Crippen LogP contribution in [0.5, 0.6) is 5.75 Å². The minimum atomic E-state index is 0.136. The van der Waals surface area contributed by atoms with Crippen LogP contribution in [0, 0.1) is 6.92 Å². The third-order valence-electron chi connectivity index (χ3n) is 4.15. The van der Waals surface area contributed by atoms with Gasteiger partial charge in [-0.1, -0.05) is 71.9 Å². The van der Waals surface area contributed by atoms with Crippen LogP contribution < -0.4 is 0 Å². The highest BCUT2D eigenvalue weighted by Crippen LogP contribution is 2.32. The molecule has 0 fully saturated rings. The molecule has 0 saturated heterocycles. The van der Waals surface area contributed by atoms with Crippen molar-refractivity contribution >= 4 is 11.8 Å². The normalized spacial score (nSPS) is 11.9. The van der Waals surface area contributed by atoms with Gasteiger partial charge < -0.3 is 5.11 Å². The van der Waals surface area contributed by atoms with Gasteiger partial charge in [0.25, 0.3) is 0 Å². The van der Waals surface area contributed by atoms with Gasteiger partial charge in [0.1, 0.15) is 5.75 Å². The van der Waals surface area contributed by atoms with Crippen LogP contribution in [0.4, 0.5) is 0 Å². The zero-order valence-electron chi connectivity index (χ0n) is 15.2. The average molecular weight is 323 g/mol. The van der Waals surface area contributed by atoms with E-state index in [0.29, 0.717) is 5.75 Å². The first-order valence-corrected chi connectivity index (χ1v) is 9.92. The summed E-state index contributed by atoms with van der Waals surface area (Å²) in [6, 6.07) is 4.31. The predicted octanol–water partition coefficient (Wildman–Crippen LogP) is 6.59. The summed E-state index contributed by atoms with van der Waals surface area (Å²) in [5, 5.41) is 10.3. The zero-order valence-corrected chi connectivity index (χ0v) is 16.0. The Morgan fingerprint density at radius 2 is 1.64 bits per heavy atom. The Kier molecular flexibility index (Phi) is 8.38. The van der Waals surface area contributed by atoms with E-state index in [0.717, 1.165) is 16.9 Å². The highest BCUT2D eigenvalue weighted by atomic mass is 32.2. The Bertz CT molecular complexity index is 446. The molecule has 0 saturated carbocycles. The number of unbranched alkanes of at least 4 members (excludes halogenated alkanes) is 5. The van der Waals surface area contributed by atoms with Crippen molar-refractivity contribution in [3.8, 4) is 5.75 Å². The topological polar surface area (TPSA) is 20.2 Å². The first kappa shape index (κ1) is 19.4. The van der Waals surface area contributed by atoms with Crippen LogP contribution >= 0.6 is 11.8 Å². The van der Waals surface area contributed by atoms with Crippen LogP contribution in [0.3, 0.4) is 0 Å². The molecule has 22 heavy (non-hydrogen) atoms. The van der Waals surface area contributed by atoms with Crippen molar-refractivity contribution in [2.24, 2.45) is 0 Å². The van der Waals surface area contributed by atoms with E-state index >= 15 is 0 Å². The van der Waals surface area contributed by atoms with E-state index in [4.69, 9.17) is 0 Å². The quantitative estimate of drug-likeness (QED) is 0.517. The van der Waals surface area contributed by atoms with Crippen molar-refractivity contribution in [1.29, 1.82) is 0 Å². The van der Waals surface area contributed by atoms with Gasteiger partial charge in [-0.15, -0.1) is 0 Å². The van der Waals surface area contributed by atoms with E-state index in [1.807, 2.05) is 18.7 Å². The molecule has 0 radical (unpaired) electrons. The number of hydrogen-bond acceptors (Lipinski definition) is 2. The standard InChI is InChI=1S/C20H34OS/c1-6-7-8-9-10-11-12-22-15-17-14-18(20(3,4)5)13-16(2)19(17)21/h13-14,21H,6-12,15H2,1-5H3. The number of phenols is 1. The van der Waals surface area contributed by atoms with Gasteiger partial charge in [0.05, 0.1) is 0 Å². The predicted molar refractivity (Wildman–Crippen MR) is 101 cm³/mol. The first-order chi connectivity index (χ1) is 10.4. The van der Waals surface area contributed by atoms with Gasteiger partial charge >= 0.3 is 0 Å². The molecule has 1 N–H and O–H groups in total. The Hall–Kier alpha value is -0.630. The number of phenolic OH excluding ortho intramolecular Hbond substituents is 1. The molecule has 2 heteroatoms. The third-order valence-corrected chi connectivity index (χ3v) is 5.24. The maximum atomic E-state index is 10.3. The first-order valence-electron chi connectivity index (χ1n) is 8.77. The zero-order chi connectivity index (χ0) is 16.6. The maximum absolute atomic E-state index is 10.3. The summed E-state index contributed by atoms with van der Waals surface area (Å²) in [5.74, 6) is 2.61. The number of thioether (sulfide) groups is 1. The van der Waals surface area contributed by atoms with Crippen LogP contribution in [0.15, 0.2) is 12.1 Å². The van der Waals surface area contributed by atoms with Gasteiger partial charge in [-0.05, 0) is 35.6 Å². The van der Waals surface area contributed by atoms with Crippen LogP contribution in [0.25, 0.3) is 0 Å². The van der Waals surface area contributed by atoms with Crippen molar-refractivity contribution in [3.63, 3.8) is 0 Å². The molecule has 0 aliphatic carbocycles. The summed E-state index contributed by atoms with van der Waals surface area (Å²) >= 11 is 1.95. The molecule has 0 aromatic heterocycles. The largest absolute Gasteiger partial charge is 0.507 e. The molecule has 0 amide bonds. The van der Waals surface area contributed by atoms with Crippen molar-refractivity contribution in [1.82, 2.24) is 0 Å². The summed E-state index contributed by atoms with van der Waals surface area (Å²) < 4.78 is 0. The van der Waals surface area contributed by atoms with Crippen molar-refractivity contribution < 1.29 is 5.11 Å². The number of benzene rings is 1. The van der Waals surface area contributed by atoms with Gasteiger partial charge in [0, 0.05) is 11.3 Å². The summed E-state index contributed by atoms with van der Waals surface area (Å²) in [5.41, 5.74) is 3.55. The van der Waals surface area contributed by atoms with Gasteiger partial charge in [0.15, 0.2) is 0 Å². The van der Waals surface area contributed by atoms with E-state index in [-0.39, 0.29) is 5.41 Å². The molecule has 0 atom stereocenters. The second-order valence-corrected chi connectivity index (χ2v) is 8.48. The maximum Gasteiger partial charge on any atom is 0.122 e. The number of aromatic hydroxyl groups is 1. The lowest BCUT2D eigenvalue weighted by Gasteiger charge is -2.21. The van der Waals surface area contributed by atoms with Gasteiger partial charge in [-0.2, -0.15) is 11.8 Å². The Labute approximate surface area is 141 Å². The van der Waals surface area contributed by atoms with Crippen molar-refractivity contribution in [2.75, 3.05) is 5.75 Å². The number of aryl methyl sites for hydroxylation is 1. The Morgan fingerprint density at radius 1 is 1.00 bits per heavy atom. The molecule has 0 unspecified atom stereocenters. The lowest BCUT2D eigenvalue weighted by Crippen LogP contribution is -2.11. The second-order valence-electron chi connectivity index (χ2n) is 7.37. The molecular weight excluding hydrogens is 288 g/mol. The van der Waals surface area contributed by atoms with Gasteiger partial charge in [-0.25, -0.2) is 0 Å². The van der Waals surface area contributed by atoms with Crippen LogP contribution in [0.1, 0.15) is 82.9 Å². The third kappa shape index (κ3) is 6.64. The van der Waals surface area contributed by atoms with E-state index in [2.05, 4.69) is 39.8 Å². The molecule has 1 aromatic rings. The van der Waals surface area contributed by atoms with Gasteiger partial charge in [0.2, 0.25) is 0 Å². The van der Waals surface area contributed by atoms with Crippen LogP contribution in [-0.2, 0) is 11.2 Å². The molecule has 1 nitrogen and oxygen atoms in total. The Morgan fingerprint density at radius 3 is 2.27 bits per heavy atom. The smallest absolute Gasteiger partial charge is 0.122 e. The second kappa shape index (κ2) is 9.50. The average Bonchev–Trinajstić information content (AvgIpc) is 2.44. The fraction of sp³-hybridized carbons (Fsp3) is 0.700. The molecule has 0 heterocycles. The van der Waals surface area contributed by atoms with E-state index < -0.39 is 0 Å². The fourth-order valence-corrected chi connectivity index (χ4v) is 3.55. The SMILES string of the molecule is CCCCCCCCSCc1cc(C(C)(C)C)cc(C)c1O. The van der Waals surface area contributed by atoms with E-state index in [1.165, 1.54) is 49.8 Å². The molecule has 0 aliphatic heterocycles. The number of rotatable bonds is 9. The molecular formula is C20H34OS. The van der Waals surface area contributed by atoms with Gasteiger partial charge in [-0.3, -0.25) is 0 Å². The molecule has 0 spiro atoms. The Balaban J connectivity index is 2.44. The number of hydrogen-bond donors (Lipinski definition) is 1. The summed E-state index contributed by atoms with van der Waals surface area (Å²) in [6.45, 7) is 11.0. The fourth-order valence-electron chi connectivity index (χ4n) is 2.56. The minimum absolute atomic E-state index is 0.136. The summed E-state index contributed by atoms with van der Waals surface area (Å²) in [6.07, 6.45) is 8.09. The summed E-state index contributed by atoms with van der Waals surface area (Å²) in [4.78, 5) is 0. The molecule has 0 aliphatic rings. The highest BCUT2D eigenvalue weighted by molar-refractivity contribution is 7.98. The lowest BCUT2D eigenvalue weighted by atomic mass is 9.85. The molecule has 0 bridgehead atoms. The molecule has 126 valence electrons. The molecule has 1 rings (SSSR count). The van der Waals surface area contributed by atoms with Crippen LogP contribution in [-0.4, -0.2) is 10.9 Å². The van der Waals surface area contributed by atoms with Crippen LogP contribution in [0.2, 0.25) is 0 Å². The monoisotopic (exact) mass is 322 g/mol. The minimum Gasteiger partial charge on any atom is -0.507 e. The highest BCUT2D eigenvalue weighted by Gasteiger charge is 2.17. The van der Waals surface area contributed by atoms with E-state index in [9.17, 15) is 5.11 Å².